The second kappa shape index (κ2) is 52.4. The van der Waals surface area contributed by atoms with Crippen LogP contribution in [0.2, 0.25) is 0 Å². The standard InChI is InChI=1S/C85H116O16/c1-4-7-10-13-16-19-46-93-77-34-22-71(23-35-77)74-28-40-80(41-29-74)96-61-55-87-49-52-90-58-64-99-83-67-70(69-86)68-84(100-65-59-91-53-50-88-56-62-97-81-42-30-75(31-43-81)72-24-36-78(37-25-72)94-47-20-17-14-11-8-5-2)85(83)101-66-60-92-54-51-89-57-63-98-82-44-32-76(33-45-82)73-26-38-79(39-27-73)95-48-21-18-15-12-9-6-3/h22-45,67-68,86H,4-21,46-66,69H2,1-3H3. The van der Waals surface area contributed by atoms with Gasteiger partial charge in [0.15, 0.2) is 11.5 Å². The van der Waals surface area contributed by atoms with Gasteiger partial charge in [0.05, 0.1) is 106 Å². The first-order chi connectivity index (χ1) is 50.0. The van der Waals surface area contributed by atoms with Crippen molar-refractivity contribution in [3.8, 4) is 85.1 Å². The zero-order chi connectivity index (χ0) is 70.5. The molecule has 0 atom stereocenters. The number of hydrogen-bond donors (Lipinski definition) is 1. The molecule has 0 unspecified atom stereocenters. The first-order valence-corrected chi connectivity index (χ1v) is 37.5. The number of benzene rings is 7. The zero-order valence-electron chi connectivity index (χ0n) is 60.9. The highest BCUT2D eigenvalue weighted by Crippen LogP contribution is 2.39. The van der Waals surface area contributed by atoms with Crippen molar-refractivity contribution in [2.45, 2.75) is 143 Å². The summed E-state index contributed by atoms with van der Waals surface area (Å²) in [5, 5.41) is 10.3. The molecule has 0 aromatic heterocycles. The molecule has 7 aromatic rings. The van der Waals surface area contributed by atoms with E-state index < -0.39 is 0 Å². The molecule has 0 heterocycles. The lowest BCUT2D eigenvalue weighted by atomic mass is 10.1. The van der Waals surface area contributed by atoms with Gasteiger partial charge in [-0.25, -0.2) is 0 Å². The van der Waals surface area contributed by atoms with E-state index in [4.69, 9.17) is 71.1 Å². The van der Waals surface area contributed by atoms with E-state index in [-0.39, 0.29) is 46.2 Å². The molecule has 7 aromatic carbocycles. The van der Waals surface area contributed by atoms with Gasteiger partial charge in [-0.2, -0.15) is 0 Å². The molecule has 0 radical (unpaired) electrons. The molecule has 552 valence electrons. The highest BCUT2D eigenvalue weighted by Gasteiger charge is 2.17. The predicted octanol–water partition coefficient (Wildman–Crippen LogP) is 18.9. The van der Waals surface area contributed by atoms with Crippen LogP contribution in [0.1, 0.15) is 142 Å². The summed E-state index contributed by atoms with van der Waals surface area (Å²) in [6.45, 7) is 14.9. The minimum absolute atomic E-state index is 0.196. The SMILES string of the molecule is CCCCCCCCOc1ccc(-c2ccc(OCCOCCOCCOc3cc(CO)cc(OCCOCCOCCOc4ccc(-c5ccc(OCCCCCCCC)cc5)cc4)c3OCCOCCOCCOc3ccc(-c4ccc(OCCCCCCCC)cc4)cc3)cc2)cc1. The van der Waals surface area contributed by atoms with Crippen molar-refractivity contribution in [1.29, 1.82) is 0 Å². The Hall–Kier alpha value is -7.54. The zero-order valence-corrected chi connectivity index (χ0v) is 60.9. The highest BCUT2D eigenvalue weighted by molar-refractivity contribution is 5.67. The summed E-state index contributed by atoms with van der Waals surface area (Å²) in [6.07, 6.45) is 22.4. The van der Waals surface area contributed by atoms with Crippen molar-refractivity contribution in [1.82, 2.24) is 0 Å². The number of unbranched alkanes of at least 4 members (excludes halogenated alkanes) is 15. The predicted molar refractivity (Wildman–Crippen MR) is 402 cm³/mol. The fourth-order valence-corrected chi connectivity index (χ4v) is 11.0. The Labute approximate surface area is 603 Å². The topological polar surface area (TPSA) is 159 Å². The van der Waals surface area contributed by atoms with Gasteiger partial charge in [-0.15, -0.1) is 0 Å². The summed E-state index contributed by atoms with van der Waals surface area (Å²) in [5.41, 5.74) is 7.28. The summed E-state index contributed by atoms with van der Waals surface area (Å²) < 4.78 is 89.6. The lowest BCUT2D eigenvalue weighted by Crippen LogP contribution is -2.16. The summed E-state index contributed by atoms with van der Waals surface area (Å²) in [6, 6.07) is 52.5. The van der Waals surface area contributed by atoms with E-state index in [1.165, 1.54) is 96.3 Å². The number of ether oxygens (including phenoxy) is 15. The third-order valence-electron chi connectivity index (χ3n) is 16.7. The second-order valence-electron chi connectivity index (χ2n) is 24.8. The van der Waals surface area contributed by atoms with E-state index in [1.807, 2.05) is 72.8 Å². The van der Waals surface area contributed by atoms with Crippen LogP contribution in [0.15, 0.2) is 158 Å². The molecule has 0 saturated carbocycles. The van der Waals surface area contributed by atoms with Gasteiger partial charge < -0.3 is 76.2 Å². The lowest BCUT2D eigenvalue weighted by Gasteiger charge is -2.18. The first kappa shape index (κ1) is 80.8. The van der Waals surface area contributed by atoms with Crippen molar-refractivity contribution in [3.63, 3.8) is 0 Å². The van der Waals surface area contributed by atoms with Gasteiger partial charge in [0.2, 0.25) is 5.75 Å². The molecular weight excluding hydrogens is 1280 g/mol. The van der Waals surface area contributed by atoms with Crippen LogP contribution in [0.3, 0.4) is 0 Å². The molecular formula is C85H116O16. The van der Waals surface area contributed by atoms with E-state index in [2.05, 4.69) is 93.6 Å². The molecule has 0 saturated heterocycles. The number of aliphatic hydroxyl groups is 1. The third-order valence-corrected chi connectivity index (χ3v) is 16.7. The van der Waals surface area contributed by atoms with Crippen molar-refractivity contribution in [2.24, 2.45) is 0 Å². The Morgan fingerprint density at radius 3 is 0.644 bits per heavy atom. The van der Waals surface area contributed by atoms with Crippen LogP contribution in [0.25, 0.3) is 33.4 Å². The maximum atomic E-state index is 10.3. The van der Waals surface area contributed by atoms with E-state index in [9.17, 15) is 5.11 Å². The minimum atomic E-state index is -0.238. The fraction of sp³-hybridized carbons (Fsp3) is 0.506. The minimum Gasteiger partial charge on any atom is -0.494 e. The quantitative estimate of drug-likeness (QED) is 0.0359. The molecule has 101 heavy (non-hydrogen) atoms. The van der Waals surface area contributed by atoms with Gasteiger partial charge >= 0.3 is 0 Å². The van der Waals surface area contributed by atoms with Crippen molar-refractivity contribution < 1.29 is 76.2 Å². The molecule has 0 amide bonds. The van der Waals surface area contributed by atoms with Crippen molar-refractivity contribution in [2.75, 3.05) is 139 Å². The van der Waals surface area contributed by atoms with Crippen molar-refractivity contribution in [3.05, 3.63) is 163 Å². The molecule has 0 fully saturated rings. The van der Waals surface area contributed by atoms with Crippen molar-refractivity contribution >= 4 is 0 Å². The average Bonchev–Trinajstić information content (AvgIpc) is 0.872. The largest absolute Gasteiger partial charge is 0.494 e. The molecule has 1 N–H and O–H groups in total. The van der Waals surface area contributed by atoms with Gasteiger partial charge in [-0.3, -0.25) is 0 Å². The second-order valence-corrected chi connectivity index (χ2v) is 24.8. The first-order valence-electron chi connectivity index (χ1n) is 37.5. The van der Waals surface area contributed by atoms with Crippen LogP contribution < -0.4 is 42.6 Å². The molecule has 7 rings (SSSR count). The van der Waals surface area contributed by atoms with E-state index >= 15 is 0 Å². The van der Waals surface area contributed by atoms with Crippen LogP contribution in [0.4, 0.5) is 0 Å². The summed E-state index contributed by atoms with van der Waals surface area (Å²) in [5.74, 6) is 6.21. The maximum absolute atomic E-state index is 10.3. The fourth-order valence-electron chi connectivity index (χ4n) is 11.0. The maximum Gasteiger partial charge on any atom is 0.203 e. The van der Waals surface area contributed by atoms with Crippen LogP contribution in [-0.4, -0.2) is 144 Å². The van der Waals surface area contributed by atoms with Gasteiger partial charge in [0.1, 0.15) is 74.1 Å². The summed E-state index contributed by atoms with van der Waals surface area (Å²) >= 11 is 0. The molecule has 0 aliphatic heterocycles. The number of rotatable bonds is 61. The Kier molecular flexibility index (Phi) is 41.9. The van der Waals surface area contributed by atoms with Crippen LogP contribution in [0.5, 0.6) is 51.7 Å². The third kappa shape index (κ3) is 34.3. The molecule has 16 heteroatoms. The van der Waals surface area contributed by atoms with E-state index in [1.54, 1.807) is 12.1 Å². The number of hydrogen-bond acceptors (Lipinski definition) is 16. The Morgan fingerprint density at radius 2 is 0.406 bits per heavy atom. The molecule has 0 aliphatic carbocycles. The monoisotopic (exact) mass is 1390 g/mol. The Morgan fingerprint density at radius 1 is 0.208 bits per heavy atom. The summed E-state index contributed by atoms with van der Waals surface area (Å²) in [4.78, 5) is 0. The highest BCUT2D eigenvalue weighted by atomic mass is 16.6. The summed E-state index contributed by atoms with van der Waals surface area (Å²) in [7, 11) is 0. The Balaban J connectivity index is 0.773. The lowest BCUT2D eigenvalue weighted by molar-refractivity contribution is 0.0230. The van der Waals surface area contributed by atoms with Crippen LogP contribution in [-0.2, 0) is 35.0 Å². The van der Waals surface area contributed by atoms with Crippen LogP contribution >= 0.6 is 0 Å². The molecule has 0 spiro atoms. The van der Waals surface area contributed by atoms with Gasteiger partial charge in [-0.1, -0.05) is 190 Å². The van der Waals surface area contributed by atoms with E-state index in [0.717, 1.165) is 107 Å². The molecule has 16 nitrogen and oxygen atoms in total. The van der Waals surface area contributed by atoms with Gasteiger partial charge in [0.25, 0.3) is 0 Å². The Bertz CT molecular complexity index is 3000. The smallest absolute Gasteiger partial charge is 0.203 e. The normalized spacial score (nSPS) is 11.2. The number of aliphatic hydroxyl groups excluding tert-OH is 1. The van der Waals surface area contributed by atoms with Gasteiger partial charge in [-0.05, 0) is 143 Å². The van der Waals surface area contributed by atoms with Crippen LogP contribution in [0, 0.1) is 0 Å². The average molecular weight is 1390 g/mol. The molecule has 0 bridgehead atoms. The van der Waals surface area contributed by atoms with Gasteiger partial charge in [0, 0.05) is 0 Å². The van der Waals surface area contributed by atoms with E-state index in [0.29, 0.717) is 102 Å². The molecule has 0 aliphatic rings.